The molecule has 2 heterocycles. The topological polar surface area (TPSA) is 125 Å². The molecule has 0 aromatic rings. The largest absolute Gasteiger partial charge is 0.480 e. The predicted octanol–water partition coefficient (Wildman–Crippen LogP) is -0.759. The first kappa shape index (κ1) is 15.6. The lowest BCUT2D eigenvalue weighted by atomic mass is 9.99. The van der Waals surface area contributed by atoms with Gasteiger partial charge in [0.1, 0.15) is 6.04 Å². The number of amides is 3. The molecule has 8 nitrogen and oxygen atoms in total. The van der Waals surface area contributed by atoms with Gasteiger partial charge in [0.15, 0.2) is 0 Å². The number of fused-ring (bicyclic) bond motifs is 1. The third-order valence-corrected chi connectivity index (χ3v) is 4.18. The maximum atomic E-state index is 11.9. The van der Waals surface area contributed by atoms with Gasteiger partial charge in [0, 0.05) is 18.6 Å². The van der Waals surface area contributed by atoms with Crippen molar-refractivity contribution in [2.75, 3.05) is 13.1 Å². The van der Waals surface area contributed by atoms with Crippen LogP contribution in [0.4, 0.5) is 4.79 Å². The molecule has 3 atom stereocenters. The summed E-state index contributed by atoms with van der Waals surface area (Å²) in [7, 11) is 0. The number of primary amides is 1. The fourth-order valence-corrected chi connectivity index (χ4v) is 3.19. The Balaban J connectivity index is 1.86. The smallest absolute Gasteiger partial charge is 0.326 e. The van der Waals surface area contributed by atoms with Crippen molar-refractivity contribution in [1.82, 2.24) is 15.5 Å². The molecule has 5 N–H and O–H groups in total. The number of carbonyl (C=O) groups excluding carboxylic acids is 2. The van der Waals surface area contributed by atoms with Crippen molar-refractivity contribution in [1.29, 1.82) is 0 Å². The van der Waals surface area contributed by atoms with E-state index >= 15 is 0 Å². The van der Waals surface area contributed by atoms with E-state index in [1.165, 1.54) is 6.42 Å². The van der Waals surface area contributed by atoms with E-state index in [0.717, 1.165) is 32.4 Å². The molecule has 8 heteroatoms. The predicted molar refractivity (Wildman–Crippen MR) is 74.5 cm³/mol. The third kappa shape index (κ3) is 4.07. The summed E-state index contributed by atoms with van der Waals surface area (Å²) >= 11 is 0. The van der Waals surface area contributed by atoms with Crippen LogP contribution in [0.25, 0.3) is 0 Å². The van der Waals surface area contributed by atoms with Crippen LogP contribution in [0.5, 0.6) is 0 Å². The number of hydrogen-bond acceptors (Lipinski definition) is 4. The summed E-state index contributed by atoms with van der Waals surface area (Å²) in [6.45, 7) is 2.02. The van der Waals surface area contributed by atoms with E-state index in [9.17, 15) is 14.4 Å². The molecule has 2 saturated heterocycles. The highest BCUT2D eigenvalue weighted by atomic mass is 16.4. The number of rotatable bonds is 5. The second kappa shape index (κ2) is 6.75. The van der Waals surface area contributed by atoms with Crippen LogP contribution < -0.4 is 16.4 Å². The molecular formula is C13H22N4O4. The van der Waals surface area contributed by atoms with Gasteiger partial charge >= 0.3 is 12.0 Å². The van der Waals surface area contributed by atoms with Gasteiger partial charge in [0.2, 0.25) is 5.91 Å². The van der Waals surface area contributed by atoms with E-state index in [1.807, 2.05) is 0 Å². The van der Waals surface area contributed by atoms with Crippen molar-refractivity contribution < 1.29 is 19.5 Å². The molecule has 0 spiro atoms. The molecule has 0 radical (unpaired) electrons. The number of carbonyl (C=O) groups is 3. The Morgan fingerprint density at radius 1 is 1.24 bits per heavy atom. The average molecular weight is 298 g/mol. The number of hydrogen-bond donors (Lipinski definition) is 4. The van der Waals surface area contributed by atoms with E-state index in [0.29, 0.717) is 6.04 Å². The monoisotopic (exact) mass is 298 g/mol. The van der Waals surface area contributed by atoms with Crippen molar-refractivity contribution in [2.45, 2.75) is 50.2 Å². The molecule has 2 aliphatic rings. The number of piperidine rings is 1. The first-order valence-electron chi connectivity index (χ1n) is 7.29. The zero-order valence-corrected chi connectivity index (χ0v) is 11.9. The highest BCUT2D eigenvalue weighted by Gasteiger charge is 2.36. The standard InChI is InChI=1S/C13H22N4O4/c14-11(18)7-9(12(19)20)16-13(21)15-8-4-6-17-5-2-1-3-10(8)17/h8-10H,1-7H2,(H2,14,18)(H,19,20)(H2,15,16,21)/t8?,9-,10?/m1/s1. The minimum Gasteiger partial charge on any atom is -0.480 e. The van der Waals surface area contributed by atoms with E-state index in [-0.39, 0.29) is 6.04 Å². The summed E-state index contributed by atoms with van der Waals surface area (Å²) in [6.07, 6.45) is 3.85. The number of carboxylic acid groups (broad SMARTS) is 1. The van der Waals surface area contributed by atoms with Crippen LogP contribution in [0, 0.1) is 0 Å². The van der Waals surface area contributed by atoms with Crippen LogP contribution in [0.3, 0.4) is 0 Å². The second-order valence-electron chi connectivity index (χ2n) is 5.67. The van der Waals surface area contributed by atoms with Crippen molar-refractivity contribution in [3.8, 4) is 0 Å². The van der Waals surface area contributed by atoms with E-state index in [4.69, 9.17) is 10.8 Å². The molecule has 21 heavy (non-hydrogen) atoms. The maximum Gasteiger partial charge on any atom is 0.326 e. The van der Waals surface area contributed by atoms with Crippen molar-refractivity contribution in [3.63, 3.8) is 0 Å². The van der Waals surface area contributed by atoms with Crippen molar-refractivity contribution >= 4 is 17.9 Å². The number of aliphatic carboxylic acids is 1. The van der Waals surface area contributed by atoms with Gasteiger partial charge in [-0.1, -0.05) is 6.42 Å². The summed E-state index contributed by atoms with van der Waals surface area (Å²) in [5, 5.41) is 14.1. The number of urea groups is 1. The first-order chi connectivity index (χ1) is 9.97. The molecule has 3 amide bonds. The summed E-state index contributed by atoms with van der Waals surface area (Å²) in [6, 6.07) is -1.47. The van der Waals surface area contributed by atoms with E-state index < -0.39 is 30.4 Å². The molecule has 0 aromatic heterocycles. The minimum atomic E-state index is -1.29. The highest BCUT2D eigenvalue weighted by molar-refractivity contribution is 5.87. The Kier molecular flexibility index (Phi) is 5.00. The highest BCUT2D eigenvalue weighted by Crippen LogP contribution is 2.26. The lowest BCUT2D eigenvalue weighted by Gasteiger charge is -2.32. The van der Waals surface area contributed by atoms with Crippen LogP contribution in [0.15, 0.2) is 0 Å². The van der Waals surface area contributed by atoms with E-state index in [2.05, 4.69) is 15.5 Å². The molecule has 0 saturated carbocycles. The number of carboxylic acids is 1. The fourth-order valence-electron chi connectivity index (χ4n) is 3.19. The fraction of sp³-hybridized carbons (Fsp3) is 0.769. The molecule has 118 valence electrons. The second-order valence-corrected chi connectivity index (χ2v) is 5.67. The van der Waals surface area contributed by atoms with Crippen LogP contribution in [0.1, 0.15) is 32.1 Å². The van der Waals surface area contributed by atoms with Crippen LogP contribution in [-0.2, 0) is 9.59 Å². The van der Waals surface area contributed by atoms with Gasteiger partial charge in [0.05, 0.1) is 6.42 Å². The van der Waals surface area contributed by atoms with Gasteiger partial charge in [-0.25, -0.2) is 9.59 Å². The zero-order chi connectivity index (χ0) is 15.4. The van der Waals surface area contributed by atoms with Gasteiger partial charge in [0.25, 0.3) is 0 Å². The van der Waals surface area contributed by atoms with Crippen molar-refractivity contribution in [2.24, 2.45) is 5.73 Å². The molecule has 2 fully saturated rings. The SMILES string of the molecule is NC(=O)C[C@@H](NC(=O)NC1CCN2CCCCC12)C(=O)O. The Bertz CT molecular complexity index is 428. The summed E-state index contributed by atoms with van der Waals surface area (Å²) in [5.41, 5.74) is 4.98. The Morgan fingerprint density at radius 3 is 2.67 bits per heavy atom. The van der Waals surface area contributed by atoms with Crippen LogP contribution in [-0.4, -0.2) is 59.1 Å². The Labute approximate surface area is 123 Å². The van der Waals surface area contributed by atoms with Crippen LogP contribution >= 0.6 is 0 Å². The molecule has 2 unspecified atom stereocenters. The lowest BCUT2D eigenvalue weighted by Crippen LogP contribution is -2.53. The molecule has 0 bridgehead atoms. The first-order valence-corrected chi connectivity index (χ1v) is 7.29. The molecule has 0 aromatic carbocycles. The Morgan fingerprint density at radius 2 is 2.00 bits per heavy atom. The maximum absolute atomic E-state index is 11.9. The number of nitrogens with two attached hydrogens (primary N) is 1. The molecule has 2 rings (SSSR count). The van der Waals surface area contributed by atoms with Gasteiger partial charge in [-0.05, 0) is 25.8 Å². The molecule has 2 aliphatic heterocycles. The van der Waals surface area contributed by atoms with Gasteiger partial charge in [-0.3, -0.25) is 9.69 Å². The van der Waals surface area contributed by atoms with Crippen LogP contribution in [0.2, 0.25) is 0 Å². The average Bonchev–Trinajstić information content (AvgIpc) is 2.81. The number of nitrogens with zero attached hydrogens (tertiary/aromatic N) is 1. The lowest BCUT2D eigenvalue weighted by molar-refractivity contribution is -0.140. The third-order valence-electron chi connectivity index (χ3n) is 4.18. The minimum absolute atomic E-state index is 0.0355. The summed E-state index contributed by atoms with van der Waals surface area (Å²) in [5.74, 6) is -2.03. The summed E-state index contributed by atoms with van der Waals surface area (Å²) < 4.78 is 0. The molecule has 0 aliphatic carbocycles. The quantitative estimate of drug-likeness (QED) is 0.531. The van der Waals surface area contributed by atoms with Gasteiger partial charge in [-0.15, -0.1) is 0 Å². The zero-order valence-electron chi connectivity index (χ0n) is 11.9. The Hall–Kier alpha value is -1.83. The van der Waals surface area contributed by atoms with E-state index in [1.54, 1.807) is 0 Å². The number of nitrogens with one attached hydrogen (secondary N) is 2. The summed E-state index contributed by atoms with van der Waals surface area (Å²) in [4.78, 5) is 36.1. The van der Waals surface area contributed by atoms with Gasteiger partial charge < -0.3 is 21.5 Å². The normalized spacial score (nSPS) is 26.7. The van der Waals surface area contributed by atoms with Gasteiger partial charge in [-0.2, -0.15) is 0 Å². The molecular weight excluding hydrogens is 276 g/mol. The van der Waals surface area contributed by atoms with Crippen molar-refractivity contribution in [3.05, 3.63) is 0 Å².